The van der Waals surface area contributed by atoms with Crippen LogP contribution >= 0.6 is 11.3 Å². The molecule has 138 valence electrons. The highest BCUT2D eigenvalue weighted by molar-refractivity contribution is 7.18. The number of aryl methyl sites for hydroxylation is 1. The Hall–Kier alpha value is -2.79. The molecule has 0 aromatic carbocycles. The molecule has 0 amide bonds. The fourth-order valence-electron chi connectivity index (χ4n) is 2.82. The standard InChI is InChI=1S/C18H21N3O4S/c1-5-21-10(3)7-12(11(21)4)17(22)25-9-14-13(8-19)16(20)26-15(14)18(23)24-6-2/h7H,5-6,9,20H2,1-4H3. The SMILES string of the molecule is CCOC(=O)c1sc(N)c(C#N)c1COC(=O)c1cc(C)n(CC)c1C. The molecule has 0 spiro atoms. The van der Waals surface area contributed by atoms with E-state index in [2.05, 4.69) is 0 Å². The predicted octanol–water partition coefficient (Wildman–Crippen LogP) is 3.17. The minimum Gasteiger partial charge on any atom is -0.462 e. The van der Waals surface area contributed by atoms with Gasteiger partial charge in [-0.2, -0.15) is 5.26 Å². The van der Waals surface area contributed by atoms with Gasteiger partial charge in [-0.15, -0.1) is 11.3 Å². The molecule has 8 heteroatoms. The van der Waals surface area contributed by atoms with Gasteiger partial charge in [0, 0.05) is 23.5 Å². The molecule has 0 bridgehead atoms. The highest BCUT2D eigenvalue weighted by atomic mass is 32.1. The number of carbonyl (C=O) groups excluding carboxylic acids is 2. The number of nitriles is 1. The molecule has 0 aliphatic heterocycles. The van der Waals surface area contributed by atoms with Crippen LogP contribution in [-0.4, -0.2) is 23.1 Å². The fourth-order valence-corrected chi connectivity index (χ4v) is 3.73. The number of esters is 2. The summed E-state index contributed by atoms with van der Waals surface area (Å²) in [4.78, 5) is 24.7. The summed E-state index contributed by atoms with van der Waals surface area (Å²) >= 11 is 0.960. The van der Waals surface area contributed by atoms with Gasteiger partial charge in [0.2, 0.25) is 0 Å². The molecule has 0 fully saturated rings. The largest absolute Gasteiger partial charge is 0.462 e. The third kappa shape index (κ3) is 3.58. The van der Waals surface area contributed by atoms with Gasteiger partial charge in [0.1, 0.15) is 22.6 Å². The van der Waals surface area contributed by atoms with Gasteiger partial charge in [-0.05, 0) is 33.8 Å². The summed E-state index contributed by atoms with van der Waals surface area (Å²) in [5.74, 6) is -1.10. The Labute approximate surface area is 155 Å². The van der Waals surface area contributed by atoms with Crippen molar-refractivity contribution in [1.82, 2.24) is 4.57 Å². The zero-order valence-electron chi connectivity index (χ0n) is 15.2. The van der Waals surface area contributed by atoms with E-state index in [9.17, 15) is 14.9 Å². The minimum absolute atomic E-state index is 0.143. The normalized spacial score (nSPS) is 10.4. The Morgan fingerprint density at radius 2 is 1.96 bits per heavy atom. The highest BCUT2D eigenvalue weighted by Gasteiger charge is 2.25. The van der Waals surface area contributed by atoms with Crippen LogP contribution in [0.1, 0.15) is 56.4 Å². The monoisotopic (exact) mass is 375 g/mol. The van der Waals surface area contributed by atoms with Crippen LogP contribution in [0.4, 0.5) is 5.00 Å². The third-order valence-corrected chi connectivity index (χ3v) is 5.11. The van der Waals surface area contributed by atoms with E-state index >= 15 is 0 Å². The van der Waals surface area contributed by atoms with Crippen LogP contribution in [0.3, 0.4) is 0 Å². The van der Waals surface area contributed by atoms with E-state index in [0.29, 0.717) is 5.56 Å². The first-order valence-electron chi connectivity index (χ1n) is 8.17. The molecule has 0 radical (unpaired) electrons. The van der Waals surface area contributed by atoms with Crippen molar-refractivity contribution >= 4 is 28.3 Å². The Bertz CT molecular complexity index is 889. The minimum atomic E-state index is -0.582. The van der Waals surface area contributed by atoms with Crippen LogP contribution < -0.4 is 5.73 Å². The Kier molecular flexibility index (Phi) is 6.05. The molecular weight excluding hydrogens is 354 g/mol. The van der Waals surface area contributed by atoms with Gasteiger partial charge in [-0.3, -0.25) is 0 Å². The lowest BCUT2D eigenvalue weighted by Gasteiger charge is -2.08. The topological polar surface area (TPSA) is 107 Å². The van der Waals surface area contributed by atoms with E-state index in [0.717, 1.165) is 29.3 Å². The average Bonchev–Trinajstić information content (AvgIpc) is 3.08. The van der Waals surface area contributed by atoms with Crippen LogP contribution in [0.25, 0.3) is 0 Å². The number of thiophene rings is 1. The molecule has 0 atom stereocenters. The highest BCUT2D eigenvalue weighted by Crippen LogP contribution is 2.32. The number of hydrogen-bond acceptors (Lipinski definition) is 7. The molecule has 0 saturated carbocycles. The van der Waals surface area contributed by atoms with Crippen molar-refractivity contribution in [1.29, 1.82) is 5.26 Å². The predicted molar refractivity (Wildman–Crippen MR) is 98.1 cm³/mol. The summed E-state index contributed by atoms with van der Waals surface area (Å²) < 4.78 is 12.4. The first-order valence-corrected chi connectivity index (χ1v) is 8.99. The summed E-state index contributed by atoms with van der Waals surface area (Å²) in [5.41, 5.74) is 8.47. The van der Waals surface area contributed by atoms with Crippen molar-refractivity contribution in [3.63, 3.8) is 0 Å². The Balaban J connectivity index is 2.28. The molecule has 0 unspecified atom stereocenters. The molecule has 2 rings (SSSR count). The maximum Gasteiger partial charge on any atom is 0.348 e. The van der Waals surface area contributed by atoms with Crippen LogP contribution in [0.5, 0.6) is 0 Å². The molecule has 2 heterocycles. The van der Waals surface area contributed by atoms with E-state index in [4.69, 9.17) is 15.2 Å². The quantitative estimate of drug-likeness (QED) is 0.777. The molecule has 7 nitrogen and oxygen atoms in total. The van der Waals surface area contributed by atoms with Crippen molar-refractivity contribution in [2.45, 2.75) is 40.8 Å². The van der Waals surface area contributed by atoms with Crippen LogP contribution in [0.2, 0.25) is 0 Å². The number of nitrogens with two attached hydrogens (primary N) is 1. The van der Waals surface area contributed by atoms with Gasteiger partial charge in [-0.25, -0.2) is 9.59 Å². The zero-order chi connectivity index (χ0) is 19.4. The number of nitrogen functional groups attached to an aromatic ring is 1. The smallest absolute Gasteiger partial charge is 0.348 e. The number of carbonyl (C=O) groups is 2. The van der Waals surface area contributed by atoms with Gasteiger partial charge < -0.3 is 19.8 Å². The van der Waals surface area contributed by atoms with Gasteiger partial charge in [0.25, 0.3) is 0 Å². The molecule has 0 aliphatic carbocycles. The number of ether oxygens (including phenoxy) is 2. The van der Waals surface area contributed by atoms with E-state index in [1.165, 1.54) is 0 Å². The fraction of sp³-hybridized carbons (Fsp3) is 0.389. The lowest BCUT2D eigenvalue weighted by atomic mass is 10.1. The Morgan fingerprint density at radius 1 is 1.27 bits per heavy atom. The summed E-state index contributed by atoms with van der Waals surface area (Å²) in [6, 6.07) is 3.73. The third-order valence-electron chi connectivity index (χ3n) is 4.06. The molecule has 2 aromatic heterocycles. The van der Waals surface area contributed by atoms with Crippen molar-refractivity contribution in [2.75, 3.05) is 12.3 Å². The zero-order valence-corrected chi connectivity index (χ0v) is 16.0. The van der Waals surface area contributed by atoms with Crippen molar-refractivity contribution < 1.29 is 19.1 Å². The van der Waals surface area contributed by atoms with E-state index in [1.807, 2.05) is 31.4 Å². The molecular formula is C18H21N3O4S. The van der Waals surface area contributed by atoms with Gasteiger partial charge in [-0.1, -0.05) is 0 Å². The lowest BCUT2D eigenvalue weighted by Crippen LogP contribution is -2.11. The number of aromatic nitrogens is 1. The lowest BCUT2D eigenvalue weighted by molar-refractivity contribution is 0.0452. The van der Waals surface area contributed by atoms with E-state index in [-0.39, 0.29) is 34.2 Å². The van der Waals surface area contributed by atoms with Crippen molar-refractivity contribution in [3.8, 4) is 6.07 Å². The van der Waals surface area contributed by atoms with Gasteiger partial charge >= 0.3 is 11.9 Å². The number of hydrogen-bond donors (Lipinski definition) is 1. The van der Waals surface area contributed by atoms with Crippen LogP contribution in [-0.2, 0) is 22.6 Å². The summed E-state index contributed by atoms with van der Waals surface area (Å²) in [6.45, 7) is 8.16. The summed E-state index contributed by atoms with van der Waals surface area (Å²) in [6.07, 6.45) is 0. The Morgan fingerprint density at radius 3 is 2.50 bits per heavy atom. The van der Waals surface area contributed by atoms with Crippen LogP contribution in [0.15, 0.2) is 6.07 Å². The molecule has 2 N–H and O–H groups in total. The molecule has 0 aliphatic rings. The van der Waals surface area contributed by atoms with Crippen LogP contribution in [0, 0.1) is 25.2 Å². The second kappa shape index (κ2) is 8.06. The van der Waals surface area contributed by atoms with Crippen molar-refractivity contribution in [2.24, 2.45) is 0 Å². The first kappa shape index (κ1) is 19.5. The summed E-state index contributed by atoms with van der Waals surface area (Å²) in [5, 5.41) is 9.50. The summed E-state index contributed by atoms with van der Waals surface area (Å²) in [7, 11) is 0. The molecule has 0 saturated heterocycles. The number of anilines is 1. The van der Waals surface area contributed by atoms with Gasteiger partial charge in [0.05, 0.1) is 17.7 Å². The average molecular weight is 375 g/mol. The maximum atomic E-state index is 12.5. The molecule has 26 heavy (non-hydrogen) atoms. The van der Waals surface area contributed by atoms with E-state index in [1.54, 1.807) is 13.0 Å². The molecule has 2 aromatic rings. The number of rotatable bonds is 6. The first-order chi connectivity index (χ1) is 12.3. The van der Waals surface area contributed by atoms with Gasteiger partial charge in [0.15, 0.2) is 0 Å². The second-order valence-electron chi connectivity index (χ2n) is 5.59. The van der Waals surface area contributed by atoms with E-state index < -0.39 is 11.9 Å². The number of nitrogens with zero attached hydrogens (tertiary/aromatic N) is 2. The second-order valence-corrected chi connectivity index (χ2v) is 6.64. The maximum absolute atomic E-state index is 12.5. The van der Waals surface area contributed by atoms with Crippen molar-refractivity contribution in [3.05, 3.63) is 39.0 Å².